The highest BCUT2D eigenvalue weighted by molar-refractivity contribution is 6.30. The van der Waals surface area contributed by atoms with Gasteiger partial charge in [0.1, 0.15) is 6.04 Å². The van der Waals surface area contributed by atoms with Crippen LogP contribution in [-0.2, 0) is 4.79 Å². The molecule has 0 saturated carbocycles. The summed E-state index contributed by atoms with van der Waals surface area (Å²) >= 11 is 6.11. The second-order valence-corrected chi connectivity index (χ2v) is 7.48. The van der Waals surface area contributed by atoms with Gasteiger partial charge in [0.2, 0.25) is 5.91 Å². The lowest BCUT2D eigenvalue weighted by molar-refractivity contribution is -0.118. The van der Waals surface area contributed by atoms with E-state index >= 15 is 0 Å². The Morgan fingerprint density at radius 1 is 1.04 bits per heavy atom. The van der Waals surface area contributed by atoms with E-state index in [2.05, 4.69) is 35.1 Å². The maximum absolute atomic E-state index is 13.3. The summed E-state index contributed by atoms with van der Waals surface area (Å²) in [4.78, 5) is 15.3. The van der Waals surface area contributed by atoms with Gasteiger partial charge >= 0.3 is 0 Å². The number of carbonyl (C=O) groups excluding carboxylic acids is 1. The molecule has 1 aliphatic rings. The molecule has 2 aromatic carbocycles. The first-order valence-corrected chi connectivity index (χ1v) is 10.1. The number of benzene rings is 2. The summed E-state index contributed by atoms with van der Waals surface area (Å²) in [6, 6.07) is 19.8. The number of rotatable bonds is 6. The van der Waals surface area contributed by atoms with Crippen molar-refractivity contribution in [1.82, 2.24) is 9.88 Å². The van der Waals surface area contributed by atoms with Gasteiger partial charge in [0.15, 0.2) is 0 Å². The van der Waals surface area contributed by atoms with E-state index < -0.39 is 0 Å². The zero-order valence-corrected chi connectivity index (χ0v) is 16.7. The predicted octanol–water partition coefficient (Wildman–Crippen LogP) is 4.96. The van der Waals surface area contributed by atoms with Crippen molar-refractivity contribution in [3.8, 4) is 5.69 Å². The Bertz CT molecular complexity index is 964. The van der Waals surface area contributed by atoms with Crippen LogP contribution in [0.2, 0.25) is 5.02 Å². The van der Waals surface area contributed by atoms with Crippen molar-refractivity contribution in [1.29, 1.82) is 0 Å². The zero-order chi connectivity index (χ0) is 19.5. The van der Waals surface area contributed by atoms with Crippen molar-refractivity contribution in [2.24, 2.45) is 0 Å². The fraction of sp³-hybridized carbons (Fsp3) is 0.261. The van der Waals surface area contributed by atoms with E-state index in [0.717, 1.165) is 42.0 Å². The molecule has 1 aliphatic heterocycles. The van der Waals surface area contributed by atoms with Gasteiger partial charge < -0.3 is 9.88 Å². The van der Waals surface area contributed by atoms with Crippen molar-refractivity contribution < 1.29 is 4.79 Å². The number of hydrogen-bond donors (Lipinski definition) is 1. The molecular formula is C23H24ClN3O. The van der Waals surface area contributed by atoms with Crippen molar-refractivity contribution in [2.75, 3.05) is 18.0 Å². The van der Waals surface area contributed by atoms with Crippen LogP contribution in [0.3, 0.4) is 0 Å². The van der Waals surface area contributed by atoms with Crippen LogP contribution >= 0.6 is 11.6 Å². The van der Waals surface area contributed by atoms with Gasteiger partial charge in [0.25, 0.3) is 0 Å². The Hall–Kier alpha value is -2.56. The van der Waals surface area contributed by atoms with Crippen molar-refractivity contribution in [3.63, 3.8) is 0 Å². The maximum atomic E-state index is 13.3. The van der Waals surface area contributed by atoms with E-state index in [1.54, 1.807) is 0 Å². The van der Waals surface area contributed by atoms with Gasteiger partial charge in [-0.3, -0.25) is 9.69 Å². The molecule has 4 nitrogen and oxygen atoms in total. The molecule has 1 atom stereocenters. The third kappa shape index (κ3) is 3.46. The number of carbonyl (C=O) groups is 1. The zero-order valence-electron chi connectivity index (χ0n) is 15.9. The minimum absolute atomic E-state index is 0.0657. The maximum Gasteiger partial charge on any atom is 0.241 e. The van der Waals surface area contributed by atoms with Gasteiger partial charge in [-0.2, -0.15) is 0 Å². The van der Waals surface area contributed by atoms with E-state index in [0.29, 0.717) is 11.6 Å². The molecular weight excluding hydrogens is 370 g/mol. The monoisotopic (exact) mass is 393 g/mol. The standard InChI is InChI=1S/C23H24ClN3O/c1-2-3-14-25-16-22(28)27-20-8-5-4-7-19(20)26-15-6-9-21(26)23(27)17-10-12-18(24)13-11-17/h4-13,15,23,25H,2-3,14,16H2,1H3/t23-/m0/s1. The summed E-state index contributed by atoms with van der Waals surface area (Å²) < 4.78 is 2.17. The highest BCUT2D eigenvalue weighted by Crippen LogP contribution is 2.42. The number of nitrogens with zero attached hydrogens (tertiary/aromatic N) is 2. The summed E-state index contributed by atoms with van der Waals surface area (Å²) in [7, 11) is 0. The first-order valence-electron chi connectivity index (χ1n) is 9.75. The molecule has 0 fully saturated rings. The van der Waals surface area contributed by atoms with Gasteiger partial charge in [-0.1, -0.05) is 49.2 Å². The number of anilines is 1. The number of amides is 1. The van der Waals surface area contributed by atoms with Gasteiger partial charge in [0.05, 0.1) is 23.6 Å². The van der Waals surface area contributed by atoms with Crippen LogP contribution in [0.1, 0.15) is 37.1 Å². The molecule has 4 rings (SSSR count). The van der Waals surface area contributed by atoms with Crippen molar-refractivity contribution in [2.45, 2.75) is 25.8 Å². The summed E-state index contributed by atoms with van der Waals surface area (Å²) in [6.45, 7) is 3.31. The number of hydrogen-bond acceptors (Lipinski definition) is 2. The quantitative estimate of drug-likeness (QED) is 0.601. The number of aromatic nitrogens is 1. The molecule has 1 amide bonds. The molecule has 5 heteroatoms. The fourth-order valence-electron chi connectivity index (χ4n) is 3.80. The number of unbranched alkanes of at least 4 members (excludes halogenated alkanes) is 1. The normalized spacial score (nSPS) is 15.2. The summed E-state index contributed by atoms with van der Waals surface area (Å²) in [5.74, 6) is 0.0657. The Labute approximate surface area is 170 Å². The van der Waals surface area contributed by atoms with Crippen LogP contribution in [0.4, 0.5) is 5.69 Å². The second-order valence-electron chi connectivity index (χ2n) is 7.04. The first kappa shape index (κ1) is 18.8. The topological polar surface area (TPSA) is 37.3 Å². The van der Waals surface area contributed by atoms with Gasteiger partial charge in [0, 0.05) is 11.2 Å². The minimum Gasteiger partial charge on any atom is -0.316 e. The molecule has 28 heavy (non-hydrogen) atoms. The van der Waals surface area contributed by atoms with Gasteiger partial charge in [-0.15, -0.1) is 0 Å². The average molecular weight is 394 g/mol. The largest absolute Gasteiger partial charge is 0.316 e. The summed E-state index contributed by atoms with van der Waals surface area (Å²) in [6.07, 6.45) is 4.22. The van der Waals surface area contributed by atoms with E-state index in [1.807, 2.05) is 53.4 Å². The molecule has 3 aromatic rings. The molecule has 1 N–H and O–H groups in total. The average Bonchev–Trinajstić information content (AvgIpc) is 3.21. The molecule has 0 aliphatic carbocycles. The third-order valence-electron chi connectivity index (χ3n) is 5.16. The molecule has 144 valence electrons. The number of nitrogens with one attached hydrogen (secondary N) is 1. The van der Waals surface area contributed by atoms with E-state index in [4.69, 9.17) is 11.6 Å². The summed E-state index contributed by atoms with van der Waals surface area (Å²) in [5, 5.41) is 3.98. The number of para-hydroxylation sites is 2. The van der Waals surface area contributed by atoms with Crippen LogP contribution in [0.15, 0.2) is 66.9 Å². The smallest absolute Gasteiger partial charge is 0.241 e. The Kier molecular flexibility index (Phi) is 5.51. The molecule has 2 heterocycles. The molecule has 0 radical (unpaired) electrons. The highest BCUT2D eigenvalue weighted by Gasteiger charge is 2.35. The Morgan fingerprint density at radius 2 is 1.79 bits per heavy atom. The molecule has 0 spiro atoms. The second kappa shape index (κ2) is 8.21. The number of fused-ring (bicyclic) bond motifs is 3. The van der Waals surface area contributed by atoms with E-state index in [-0.39, 0.29) is 11.9 Å². The van der Waals surface area contributed by atoms with Gasteiger partial charge in [-0.05, 0) is 54.9 Å². The SMILES string of the molecule is CCCCNCC(=O)N1c2ccccc2-n2cccc2[C@@H]1c1ccc(Cl)cc1. The predicted molar refractivity (Wildman–Crippen MR) is 114 cm³/mol. The lowest BCUT2D eigenvalue weighted by Crippen LogP contribution is -2.44. The van der Waals surface area contributed by atoms with Crippen molar-refractivity contribution >= 4 is 23.2 Å². The summed E-state index contributed by atoms with van der Waals surface area (Å²) in [5.41, 5.74) is 4.06. The van der Waals surface area contributed by atoms with Crippen LogP contribution < -0.4 is 10.2 Å². The minimum atomic E-state index is -0.192. The number of halogens is 1. The van der Waals surface area contributed by atoms with Crippen LogP contribution in [0.5, 0.6) is 0 Å². The van der Waals surface area contributed by atoms with Crippen LogP contribution in [-0.4, -0.2) is 23.6 Å². The van der Waals surface area contributed by atoms with Crippen LogP contribution in [0, 0.1) is 0 Å². The third-order valence-corrected chi connectivity index (χ3v) is 5.41. The first-order chi connectivity index (χ1) is 13.7. The van der Waals surface area contributed by atoms with E-state index in [9.17, 15) is 4.79 Å². The molecule has 1 aromatic heterocycles. The van der Waals surface area contributed by atoms with Crippen molar-refractivity contribution in [3.05, 3.63) is 83.1 Å². The lowest BCUT2D eigenvalue weighted by Gasteiger charge is -2.38. The van der Waals surface area contributed by atoms with Crippen LogP contribution in [0.25, 0.3) is 5.69 Å². The Balaban J connectivity index is 1.77. The van der Waals surface area contributed by atoms with Gasteiger partial charge in [-0.25, -0.2) is 0 Å². The molecule has 0 saturated heterocycles. The van der Waals surface area contributed by atoms with E-state index in [1.165, 1.54) is 0 Å². The molecule has 0 bridgehead atoms. The fourth-order valence-corrected chi connectivity index (χ4v) is 3.93. The highest BCUT2D eigenvalue weighted by atomic mass is 35.5. The molecule has 0 unspecified atom stereocenters. The Morgan fingerprint density at radius 3 is 2.54 bits per heavy atom. The lowest BCUT2D eigenvalue weighted by atomic mass is 9.97.